The third kappa shape index (κ3) is 2.97. The molecule has 108 valence electrons. The van der Waals surface area contributed by atoms with E-state index in [1.165, 1.54) is 42.5 Å². The van der Waals surface area contributed by atoms with Crippen molar-refractivity contribution >= 4 is 11.6 Å². The molecule has 1 aromatic carbocycles. The van der Waals surface area contributed by atoms with E-state index in [0.717, 1.165) is 32.5 Å². The predicted molar refractivity (Wildman–Crippen MR) is 82.0 cm³/mol. The normalized spacial score (nSPS) is 18.3. The number of aryl methyl sites for hydroxylation is 1. The zero-order chi connectivity index (χ0) is 13.8. The molecule has 0 unspecified atom stereocenters. The summed E-state index contributed by atoms with van der Waals surface area (Å²) in [6.07, 6.45) is 7.54. The molecule has 0 spiro atoms. The van der Waals surface area contributed by atoms with Crippen LogP contribution in [0.25, 0.3) is 0 Å². The Kier molecular flexibility index (Phi) is 4.24. The Bertz CT molecular complexity index is 476. The van der Waals surface area contributed by atoms with Crippen LogP contribution in [-0.4, -0.2) is 30.4 Å². The highest BCUT2D eigenvalue weighted by Crippen LogP contribution is 2.27. The zero-order valence-corrected chi connectivity index (χ0v) is 12.2. The smallest absolute Gasteiger partial charge is 0.222 e. The number of amides is 1. The van der Waals surface area contributed by atoms with Gasteiger partial charge in [0.1, 0.15) is 0 Å². The molecule has 0 aromatic heterocycles. The molecule has 3 nitrogen and oxygen atoms in total. The quantitative estimate of drug-likeness (QED) is 0.917. The van der Waals surface area contributed by atoms with E-state index in [9.17, 15) is 4.79 Å². The zero-order valence-electron chi connectivity index (χ0n) is 12.2. The Morgan fingerprint density at radius 2 is 1.95 bits per heavy atom. The van der Waals surface area contributed by atoms with Gasteiger partial charge in [-0.1, -0.05) is 31.0 Å². The third-order valence-electron chi connectivity index (χ3n) is 4.50. The summed E-state index contributed by atoms with van der Waals surface area (Å²) >= 11 is 0. The number of carbonyl (C=O) groups excluding carboxylic acids is 1. The van der Waals surface area contributed by atoms with Crippen molar-refractivity contribution in [3.8, 4) is 0 Å². The summed E-state index contributed by atoms with van der Waals surface area (Å²) in [7, 11) is 0. The highest BCUT2D eigenvalue weighted by Gasteiger charge is 2.17. The molecule has 2 aliphatic rings. The molecule has 1 aromatic rings. The first-order chi connectivity index (χ1) is 9.84. The second-order valence-corrected chi connectivity index (χ2v) is 5.92. The van der Waals surface area contributed by atoms with Gasteiger partial charge >= 0.3 is 0 Å². The lowest BCUT2D eigenvalue weighted by atomic mass is 10.0. The molecule has 0 aliphatic carbocycles. The molecule has 0 atom stereocenters. The van der Waals surface area contributed by atoms with Crippen LogP contribution in [-0.2, 0) is 17.6 Å². The van der Waals surface area contributed by atoms with Crippen LogP contribution in [0.3, 0.4) is 0 Å². The van der Waals surface area contributed by atoms with Gasteiger partial charge in [-0.25, -0.2) is 0 Å². The standard InChI is InChI=1S/C17H24N2O/c20-16(19-12-3-1-2-4-13-19)9-8-14-6-5-7-15-10-11-18-17(14)15/h5-7,18H,1-4,8-13H2. The van der Waals surface area contributed by atoms with Gasteiger partial charge in [-0.2, -0.15) is 0 Å². The number of anilines is 1. The second-order valence-electron chi connectivity index (χ2n) is 5.92. The van der Waals surface area contributed by atoms with Crippen molar-refractivity contribution in [2.24, 2.45) is 0 Å². The van der Waals surface area contributed by atoms with E-state index in [0.29, 0.717) is 12.3 Å². The van der Waals surface area contributed by atoms with E-state index < -0.39 is 0 Å². The number of benzene rings is 1. The van der Waals surface area contributed by atoms with Crippen LogP contribution in [0.2, 0.25) is 0 Å². The van der Waals surface area contributed by atoms with Crippen LogP contribution in [0, 0.1) is 0 Å². The Labute approximate surface area is 121 Å². The first-order valence-electron chi connectivity index (χ1n) is 7.97. The maximum atomic E-state index is 12.3. The molecular formula is C17H24N2O. The van der Waals surface area contributed by atoms with Crippen LogP contribution >= 0.6 is 0 Å². The Morgan fingerprint density at radius 1 is 1.15 bits per heavy atom. The van der Waals surface area contributed by atoms with Crippen molar-refractivity contribution in [3.63, 3.8) is 0 Å². The lowest BCUT2D eigenvalue weighted by Crippen LogP contribution is -2.31. The number of rotatable bonds is 3. The third-order valence-corrected chi connectivity index (χ3v) is 4.50. The number of nitrogens with zero attached hydrogens (tertiary/aromatic N) is 1. The molecule has 20 heavy (non-hydrogen) atoms. The molecule has 2 aliphatic heterocycles. The summed E-state index contributed by atoms with van der Waals surface area (Å²) in [6.45, 7) is 2.96. The number of carbonyl (C=O) groups is 1. The molecule has 1 fully saturated rings. The molecule has 3 heteroatoms. The number of nitrogens with one attached hydrogen (secondary N) is 1. The summed E-state index contributed by atoms with van der Waals surface area (Å²) in [4.78, 5) is 14.4. The molecule has 3 rings (SSSR count). The lowest BCUT2D eigenvalue weighted by molar-refractivity contribution is -0.131. The number of likely N-dealkylation sites (tertiary alicyclic amines) is 1. The lowest BCUT2D eigenvalue weighted by Gasteiger charge is -2.20. The van der Waals surface area contributed by atoms with E-state index >= 15 is 0 Å². The fraction of sp³-hybridized carbons (Fsp3) is 0.588. The number of hydrogen-bond donors (Lipinski definition) is 1. The monoisotopic (exact) mass is 272 g/mol. The highest BCUT2D eigenvalue weighted by atomic mass is 16.2. The van der Waals surface area contributed by atoms with Gasteiger partial charge in [-0.15, -0.1) is 0 Å². The number of para-hydroxylation sites is 1. The van der Waals surface area contributed by atoms with Crippen molar-refractivity contribution in [1.82, 2.24) is 4.90 Å². The van der Waals surface area contributed by atoms with Crippen molar-refractivity contribution in [2.75, 3.05) is 25.0 Å². The first kappa shape index (κ1) is 13.5. The number of hydrogen-bond acceptors (Lipinski definition) is 2. The summed E-state index contributed by atoms with van der Waals surface area (Å²) in [6, 6.07) is 6.47. The minimum absolute atomic E-state index is 0.336. The maximum absolute atomic E-state index is 12.3. The molecule has 0 radical (unpaired) electrons. The summed E-state index contributed by atoms with van der Waals surface area (Å²) in [5.41, 5.74) is 4.00. The summed E-state index contributed by atoms with van der Waals surface area (Å²) < 4.78 is 0. The van der Waals surface area contributed by atoms with E-state index in [2.05, 4.69) is 28.4 Å². The van der Waals surface area contributed by atoms with Crippen LogP contribution in [0.4, 0.5) is 5.69 Å². The van der Waals surface area contributed by atoms with Crippen molar-refractivity contribution in [3.05, 3.63) is 29.3 Å². The van der Waals surface area contributed by atoms with Crippen molar-refractivity contribution < 1.29 is 4.79 Å². The van der Waals surface area contributed by atoms with Gasteiger partial charge in [0, 0.05) is 31.7 Å². The van der Waals surface area contributed by atoms with E-state index in [1.54, 1.807) is 0 Å². The minimum Gasteiger partial charge on any atom is -0.384 e. The van der Waals surface area contributed by atoms with Crippen LogP contribution in [0.5, 0.6) is 0 Å². The van der Waals surface area contributed by atoms with E-state index in [-0.39, 0.29) is 0 Å². The SMILES string of the molecule is O=C(CCc1cccc2c1NCC2)N1CCCCCC1. The van der Waals surface area contributed by atoms with Crippen molar-refractivity contribution in [1.29, 1.82) is 0 Å². The van der Waals surface area contributed by atoms with Gasteiger partial charge in [0.2, 0.25) is 5.91 Å². The van der Waals surface area contributed by atoms with Crippen LogP contribution in [0.1, 0.15) is 43.2 Å². The van der Waals surface area contributed by atoms with Crippen LogP contribution in [0.15, 0.2) is 18.2 Å². The Hall–Kier alpha value is -1.51. The molecule has 2 heterocycles. The van der Waals surface area contributed by atoms with Gasteiger partial charge in [-0.3, -0.25) is 4.79 Å². The van der Waals surface area contributed by atoms with Gasteiger partial charge in [0.25, 0.3) is 0 Å². The molecular weight excluding hydrogens is 248 g/mol. The first-order valence-corrected chi connectivity index (χ1v) is 7.97. The summed E-state index contributed by atoms with van der Waals surface area (Å²) in [5.74, 6) is 0.336. The molecule has 1 saturated heterocycles. The minimum atomic E-state index is 0.336. The largest absolute Gasteiger partial charge is 0.384 e. The molecule has 0 saturated carbocycles. The van der Waals surface area contributed by atoms with E-state index in [1.807, 2.05) is 0 Å². The second kappa shape index (κ2) is 6.29. The summed E-state index contributed by atoms with van der Waals surface area (Å²) in [5, 5.41) is 3.46. The predicted octanol–water partition coefficient (Wildman–Crippen LogP) is 2.99. The Morgan fingerprint density at radius 3 is 2.75 bits per heavy atom. The Balaban J connectivity index is 1.59. The van der Waals surface area contributed by atoms with Crippen molar-refractivity contribution in [2.45, 2.75) is 44.9 Å². The van der Waals surface area contributed by atoms with Gasteiger partial charge in [0.05, 0.1) is 0 Å². The van der Waals surface area contributed by atoms with Gasteiger partial charge in [0.15, 0.2) is 0 Å². The molecule has 0 bridgehead atoms. The topological polar surface area (TPSA) is 32.3 Å². The fourth-order valence-electron chi connectivity index (χ4n) is 3.34. The van der Waals surface area contributed by atoms with Gasteiger partial charge in [-0.05, 0) is 36.8 Å². The average molecular weight is 272 g/mol. The van der Waals surface area contributed by atoms with E-state index in [4.69, 9.17) is 0 Å². The molecule has 1 amide bonds. The molecule has 1 N–H and O–H groups in total. The highest BCUT2D eigenvalue weighted by molar-refractivity contribution is 5.77. The van der Waals surface area contributed by atoms with Gasteiger partial charge < -0.3 is 10.2 Å². The number of fused-ring (bicyclic) bond motifs is 1. The fourth-order valence-corrected chi connectivity index (χ4v) is 3.34. The average Bonchev–Trinajstić information content (AvgIpc) is 2.79. The maximum Gasteiger partial charge on any atom is 0.222 e. The van der Waals surface area contributed by atoms with Crippen LogP contribution < -0.4 is 5.32 Å².